The molecule has 4 nitrogen and oxygen atoms in total. The molecule has 0 saturated heterocycles. The Kier molecular flexibility index (Phi) is 4.95. The number of methoxy groups -OCH3 is 1. The van der Waals surface area contributed by atoms with Crippen molar-refractivity contribution < 1.29 is 4.74 Å². The Morgan fingerprint density at radius 2 is 2.05 bits per heavy atom. The zero-order valence-corrected chi connectivity index (χ0v) is 13.1. The number of hydrogen-bond donors (Lipinski definition) is 1. The number of hydrogen-bond acceptors (Lipinski definition) is 5. The van der Waals surface area contributed by atoms with Crippen LogP contribution in [-0.4, -0.2) is 37.0 Å². The molecule has 112 valence electrons. The van der Waals surface area contributed by atoms with Crippen LogP contribution in [0.25, 0.3) is 0 Å². The zero-order chi connectivity index (χ0) is 14.5. The Morgan fingerprint density at radius 1 is 1.19 bits per heavy atom. The topological polar surface area (TPSA) is 47.0 Å². The molecule has 5 heteroatoms. The number of nitrogens with zero attached hydrogens (tertiary/aromatic N) is 2. The summed E-state index contributed by atoms with van der Waals surface area (Å²) in [7, 11) is 1.72. The van der Waals surface area contributed by atoms with E-state index < -0.39 is 0 Å². The Balaban J connectivity index is 1.48. The standard InChI is InChI=1S/C16H21N3OS/c1-20-10-9-17-8-7-15-18-19-16(21-15)14-11-13(14)12-5-3-2-4-6-12/h2-6,13-14,17H,7-11H2,1H3. The van der Waals surface area contributed by atoms with Crippen molar-refractivity contribution in [2.75, 3.05) is 26.8 Å². The normalized spacial score (nSPS) is 20.6. The fourth-order valence-electron chi connectivity index (χ4n) is 2.55. The summed E-state index contributed by atoms with van der Waals surface area (Å²) >= 11 is 1.77. The third-order valence-electron chi connectivity index (χ3n) is 3.82. The molecule has 1 aliphatic rings. The molecular formula is C16H21N3OS. The van der Waals surface area contributed by atoms with Crippen molar-refractivity contribution >= 4 is 11.3 Å². The van der Waals surface area contributed by atoms with Gasteiger partial charge in [-0.2, -0.15) is 0 Å². The summed E-state index contributed by atoms with van der Waals surface area (Å²) in [5, 5.41) is 14.4. The van der Waals surface area contributed by atoms with Gasteiger partial charge in [-0.25, -0.2) is 0 Å². The first-order chi connectivity index (χ1) is 10.4. The molecule has 2 unspecified atom stereocenters. The Labute approximate surface area is 129 Å². The van der Waals surface area contributed by atoms with E-state index in [9.17, 15) is 0 Å². The molecule has 2 aromatic rings. The quantitative estimate of drug-likeness (QED) is 0.762. The molecule has 1 saturated carbocycles. The Bertz CT molecular complexity index is 558. The van der Waals surface area contributed by atoms with Crippen molar-refractivity contribution in [1.82, 2.24) is 15.5 Å². The molecular weight excluding hydrogens is 282 g/mol. The molecule has 0 spiro atoms. The van der Waals surface area contributed by atoms with Crippen LogP contribution in [-0.2, 0) is 11.2 Å². The van der Waals surface area contributed by atoms with E-state index in [2.05, 4.69) is 45.8 Å². The molecule has 1 N–H and O–H groups in total. The van der Waals surface area contributed by atoms with Gasteiger partial charge in [0.15, 0.2) is 0 Å². The SMILES string of the molecule is COCCNCCc1nnc(C2CC2c2ccccc2)s1. The maximum absolute atomic E-state index is 5.00. The smallest absolute Gasteiger partial charge is 0.121 e. The van der Waals surface area contributed by atoms with Gasteiger partial charge in [-0.05, 0) is 17.9 Å². The van der Waals surface area contributed by atoms with Crippen molar-refractivity contribution in [3.63, 3.8) is 0 Å². The fraction of sp³-hybridized carbons (Fsp3) is 0.500. The average Bonchev–Trinajstić information content (AvgIpc) is 3.19. The number of nitrogens with one attached hydrogen (secondary N) is 1. The maximum atomic E-state index is 5.00. The van der Waals surface area contributed by atoms with Crippen molar-refractivity contribution in [3.8, 4) is 0 Å². The first-order valence-corrected chi connectivity index (χ1v) is 8.27. The van der Waals surface area contributed by atoms with Crippen LogP contribution in [0.2, 0.25) is 0 Å². The van der Waals surface area contributed by atoms with Crippen LogP contribution in [0.4, 0.5) is 0 Å². The van der Waals surface area contributed by atoms with Crippen molar-refractivity contribution in [2.45, 2.75) is 24.7 Å². The predicted octanol–water partition coefficient (Wildman–Crippen LogP) is 2.59. The lowest BCUT2D eigenvalue weighted by Gasteiger charge is -2.00. The van der Waals surface area contributed by atoms with E-state index >= 15 is 0 Å². The summed E-state index contributed by atoms with van der Waals surface area (Å²) in [5.74, 6) is 1.23. The summed E-state index contributed by atoms with van der Waals surface area (Å²) < 4.78 is 5.00. The van der Waals surface area contributed by atoms with Gasteiger partial charge >= 0.3 is 0 Å². The molecule has 0 bridgehead atoms. The number of benzene rings is 1. The molecule has 1 aromatic heterocycles. The molecule has 0 amide bonds. The minimum absolute atomic E-state index is 0.583. The zero-order valence-electron chi connectivity index (χ0n) is 12.3. The van der Waals surface area contributed by atoms with Crippen LogP contribution in [0.5, 0.6) is 0 Å². The maximum Gasteiger partial charge on any atom is 0.121 e. The minimum atomic E-state index is 0.583. The van der Waals surface area contributed by atoms with Gasteiger partial charge in [0.1, 0.15) is 10.0 Å². The van der Waals surface area contributed by atoms with E-state index in [0.29, 0.717) is 11.8 Å². The highest BCUT2D eigenvalue weighted by atomic mass is 32.1. The summed E-state index contributed by atoms with van der Waals surface area (Å²) in [4.78, 5) is 0. The van der Waals surface area contributed by atoms with Gasteiger partial charge in [0.05, 0.1) is 6.61 Å². The van der Waals surface area contributed by atoms with Crippen LogP contribution in [0.15, 0.2) is 30.3 Å². The monoisotopic (exact) mass is 303 g/mol. The molecule has 1 aromatic carbocycles. The molecule has 1 fully saturated rings. The summed E-state index contributed by atoms with van der Waals surface area (Å²) in [6.45, 7) is 2.58. The van der Waals surface area contributed by atoms with Gasteiger partial charge < -0.3 is 10.1 Å². The molecule has 2 atom stereocenters. The van der Waals surface area contributed by atoms with E-state index in [-0.39, 0.29) is 0 Å². The van der Waals surface area contributed by atoms with Crippen LogP contribution in [0.3, 0.4) is 0 Å². The number of ether oxygens (including phenoxy) is 1. The first kappa shape index (κ1) is 14.6. The molecule has 0 aliphatic heterocycles. The van der Waals surface area contributed by atoms with Crippen LogP contribution in [0, 0.1) is 0 Å². The Hall–Kier alpha value is -1.30. The Morgan fingerprint density at radius 3 is 2.86 bits per heavy atom. The lowest BCUT2D eigenvalue weighted by molar-refractivity contribution is 0.199. The van der Waals surface area contributed by atoms with Gasteiger partial charge in [0.2, 0.25) is 0 Å². The molecule has 3 rings (SSSR count). The highest BCUT2D eigenvalue weighted by Crippen LogP contribution is 2.55. The highest BCUT2D eigenvalue weighted by Gasteiger charge is 2.41. The van der Waals surface area contributed by atoms with E-state index in [0.717, 1.165) is 31.1 Å². The number of rotatable bonds is 8. The summed E-state index contributed by atoms with van der Waals surface area (Å²) in [6, 6.07) is 10.7. The lowest BCUT2D eigenvalue weighted by atomic mass is 10.1. The van der Waals surface area contributed by atoms with E-state index in [1.54, 1.807) is 18.4 Å². The van der Waals surface area contributed by atoms with Gasteiger partial charge in [-0.15, -0.1) is 21.5 Å². The van der Waals surface area contributed by atoms with Gasteiger partial charge in [0.25, 0.3) is 0 Å². The molecule has 1 heterocycles. The van der Waals surface area contributed by atoms with Crippen molar-refractivity contribution in [2.24, 2.45) is 0 Å². The van der Waals surface area contributed by atoms with E-state index in [1.165, 1.54) is 17.0 Å². The highest BCUT2D eigenvalue weighted by molar-refractivity contribution is 7.11. The van der Waals surface area contributed by atoms with E-state index in [4.69, 9.17) is 4.74 Å². The predicted molar refractivity (Wildman–Crippen MR) is 84.9 cm³/mol. The first-order valence-electron chi connectivity index (χ1n) is 7.45. The van der Waals surface area contributed by atoms with Crippen molar-refractivity contribution in [1.29, 1.82) is 0 Å². The van der Waals surface area contributed by atoms with Gasteiger partial charge in [0, 0.05) is 32.5 Å². The third kappa shape index (κ3) is 3.87. The minimum Gasteiger partial charge on any atom is -0.383 e. The summed E-state index contributed by atoms with van der Waals surface area (Å²) in [6.07, 6.45) is 2.16. The van der Waals surface area contributed by atoms with Gasteiger partial charge in [-0.1, -0.05) is 30.3 Å². The van der Waals surface area contributed by atoms with E-state index in [1.807, 2.05) is 0 Å². The van der Waals surface area contributed by atoms with Crippen LogP contribution in [0.1, 0.15) is 33.8 Å². The lowest BCUT2D eigenvalue weighted by Crippen LogP contribution is -2.21. The second-order valence-electron chi connectivity index (χ2n) is 5.39. The van der Waals surface area contributed by atoms with Gasteiger partial charge in [-0.3, -0.25) is 0 Å². The van der Waals surface area contributed by atoms with Crippen LogP contribution < -0.4 is 5.32 Å². The largest absolute Gasteiger partial charge is 0.383 e. The summed E-state index contributed by atoms with van der Waals surface area (Å²) in [5.41, 5.74) is 1.43. The second-order valence-corrected chi connectivity index (χ2v) is 6.48. The molecule has 0 radical (unpaired) electrons. The fourth-order valence-corrected chi connectivity index (χ4v) is 3.57. The molecule has 21 heavy (non-hydrogen) atoms. The third-order valence-corrected chi connectivity index (χ3v) is 4.93. The number of aromatic nitrogens is 2. The average molecular weight is 303 g/mol. The van der Waals surface area contributed by atoms with Crippen LogP contribution >= 0.6 is 11.3 Å². The molecule has 1 aliphatic carbocycles. The van der Waals surface area contributed by atoms with Crippen molar-refractivity contribution in [3.05, 3.63) is 45.9 Å². The second kappa shape index (κ2) is 7.11.